The van der Waals surface area contributed by atoms with E-state index in [9.17, 15) is 18.8 Å². The second kappa shape index (κ2) is 6.25. The maximum Gasteiger partial charge on any atom is 0.328 e. The molecule has 0 aliphatic carbocycles. The van der Waals surface area contributed by atoms with Crippen molar-refractivity contribution in [2.24, 2.45) is 0 Å². The molecule has 0 bridgehead atoms. The molecular weight excluding hydrogens is 339 g/mol. The number of carbonyl (C=O) groups is 3. The fourth-order valence-corrected chi connectivity index (χ4v) is 2.72. The molecular formula is C19H17FN2O4. The summed E-state index contributed by atoms with van der Waals surface area (Å²) in [7, 11) is 0. The predicted molar refractivity (Wildman–Crippen MR) is 92.4 cm³/mol. The number of benzene rings is 2. The number of anilines is 1. The van der Waals surface area contributed by atoms with Crippen LogP contribution in [0.3, 0.4) is 0 Å². The van der Waals surface area contributed by atoms with E-state index >= 15 is 0 Å². The van der Waals surface area contributed by atoms with Crippen LogP contribution in [-0.4, -0.2) is 33.3 Å². The minimum absolute atomic E-state index is 0.165. The van der Waals surface area contributed by atoms with E-state index in [0.717, 1.165) is 11.0 Å². The van der Waals surface area contributed by atoms with Gasteiger partial charge in [0, 0.05) is 11.3 Å². The number of imide groups is 1. The summed E-state index contributed by atoms with van der Waals surface area (Å²) in [6.07, 6.45) is 0. The highest BCUT2D eigenvalue weighted by molar-refractivity contribution is 6.21. The number of fused-ring (bicyclic) bond motifs is 1. The van der Waals surface area contributed by atoms with Gasteiger partial charge < -0.3 is 10.4 Å². The number of nitrogens with one attached hydrogen (secondary N) is 1. The first-order valence-corrected chi connectivity index (χ1v) is 7.96. The van der Waals surface area contributed by atoms with Crippen LogP contribution in [0.1, 0.15) is 40.1 Å². The van der Waals surface area contributed by atoms with Gasteiger partial charge in [0.15, 0.2) is 0 Å². The highest BCUT2D eigenvalue weighted by Gasteiger charge is 2.35. The number of halogens is 1. The smallest absolute Gasteiger partial charge is 0.328 e. The van der Waals surface area contributed by atoms with Crippen LogP contribution >= 0.6 is 0 Å². The number of carboxylic acids is 1. The molecule has 2 N–H and O–H groups in total. The summed E-state index contributed by atoms with van der Waals surface area (Å²) in [4.78, 5) is 36.9. The fraction of sp³-hybridized carbons (Fsp3) is 0.211. The molecule has 6 nitrogen and oxygen atoms in total. The fourth-order valence-electron chi connectivity index (χ4n) is 2.72. The van der Waals surface area contributed by atoms with Gasteiger partial charge >= 0.3 is 5.97 Å². The van der Waals surface area contributed by atoms with Gasteiger partial charge in [-0.25, -0.2) is 9.18 Å². The Bertz CT molecular complexity index is 889. The highest BCUT2D eigenvalue weighted by atomic mass is 19.1. The standard InChI is InChI=1S/C19H17FN2O4/c1-19(2,18(25)26)21-12-8-7-11(15(20)9-12)10-22-16(23)13-5-3-4-6-14(13)17(22)24/h3-9,21H,10H2,1-2H3,(H,25,26). The molecule has 0 spiro atoms. The third-order valence-electron chi connectivity index (χ3n) is 4.25. The first-order valence-electron chi connectivity index (χ1n) is 7.96. The number of rotatable bonds is 5. The van der Waals surface area contributed by atoms with Gasteiger partial charge in [0.1, 0.15) is 11.4 Å². The normalized spacial score (nSPS) is 13.7. The summed E-state index contributed by atoms with van der Waals surface area (Å²) in [6, 6.07) is 10.6. The SMILES string of the molecule is CC(C)(Nc1ccc(CN2C(=O)c3ccccc3C2=O)c(F)c1)C(=O)O. The molecule has 0 saturated carbocycles. The van der Waals surface area contributed by atoms with Crippen molar-refractivity contribution >= 4 is 23.5 Å². The third-order valence-corrected chi connectivity index (χ3v) is 4.25. The Labute approximate surface area is 149 Å². The van der Waals surface area contributed by atoms with Crippen molar-refractivity contribution in [3.8, 4) is 0 Å². The summed E-state index contributed by atoms with van der Waals surface area (Å²) in [5.41, 5.74) is -0.200. The molecule has 2 amide bonds. The molecule has 0 saturated heterocycles. The van der Waals surface area contributed by atoms with Gasteiger partial charge in [-0.1, -0.05) is 18.2 Å². The van der Waals surface area contributed by atoms with E-state index in [1.165, 1.54) is 26.0 Å². The zero-order chi connectivity index (χ0) is 19.1. The van der Waals surface area contributed by atoms with Crippen molar-refractivity contribution in [1.82, 2.24) is 4.90 Å². The Balaban J connectivity index is 1.81. The van der Waals surface area contributed by atoms with Crippen molar-refractivity contribution in [2.75, 3.05) is 5.32 Å². The number of amides is 2. The highest BCUT2D eigenvalue weighted by Crippen LogP contribution is 2.26. The molecule has 0 fully saturated rings. The first kappa shape index (κ1) is 17.6. The second-order valence-electron chi connectivity index (χ2n) is 6.60. The predicted octanol–water partition coefficient (Wildman–Crippen LogP) is 2.90. The van der Waals surface area contributed by atoms with E-state index in [1.807, 2.05) is 0 Å². The van der Waals surface area contributed by atoms with Crippen LogP contribution in [0.25, 0.3) is 0 Å². The molecule has 1 heterocycles. The van der Waals surface area contributed by atoms with Crippen molar-refractivity contribution in [2.45, 2.75) is 25.9 Å². The van der Waals surface area contributed by atoms with E-state index < -0.39 is 29.1 Å². The molecule has 0 aromatic heterocycles. The maximum atomic E-state index is 14.4. The van der Waals surface area contributed by atoms with Crippen molar-refractivity contribution < 1.29 is 23.9 Å². The number of carboxylic acid groups (broad SMARTS) is 1. The first-order chi connectivity index (χ1) is 12.2. The molecule has 3 rings (SSSR count). The third kappa shape index (κ3) is 3.03. The molecule has 2 aromatic rings. The molecule has 26 heavy (non-hydrogen) atoms. The maximum absolute atomic E-state index is 14.4. The average Bonchev–Trinajstić information content (AvgIpc) is 2.82. The van der Waals surface area contributed by atoms with Gasteiger partial charge in [0.25, 0.3) is 11.8 Å². The van der Waals surface area contributed by atoms with Gasteiger partial charge in [-0.3, -0.25) is 14.5 Å². The lowest BCUT2D eigenvalue weighted by molar-refractivity contribution is -0.141. The van der Waals surface area contributed by atoms with E-state index in [0.29, 0.717) is 16.8 Å². The van der Waals surface area contributed by atoms with Crippen molar-refractivity contribution in [1.29, 1.82) is 0 Å². The lowest BCUT2D eigenvalue weighted by atomic mass is 10.1. The number of hydrogen-bond donors (Lipinski definition) is 2. The summed E-state index contributed by atoms with van der Waals surface area (Å²) in [5, 5.41) is 11.8. The monoisotopic (exact) mass is 356 g/mol. The summed E-state index contributed by atoms with van der Waals surface area (Å²) < 4.78 is 14.4. The lowest BCUT2D eigenvalue weighted by Crippen LogP contribution is -2.40. The molecule has 1 aliphatic heterocycles. The molecule has 134 valence electrons. The Kier molecular flexibility index (Phi) is 4.23. The summed E-state index contributed by atoms with van der Waals surface area (Å²) in [6.45, 7) is 2.72. The van der Waals surface area contributed by atoms with Gasteiger partial charge in [-0.05, 0) is 38.1 Å². The minimum Gasteiger partial charge on any atom is -0.480 e. The van der Waals surface area contributed by atoms with E-state index in [1.54, 1.807) is 24.3 Å². The van der Waals surface area contributed by atoms with Crippen LogP contribution in [0.4, 0.5) is 10.1 Å². The quantitative estimate of drug-likeness (QED) is 0.805. The number of carbonyl (C=O) groups excluding carboxylic acids is 2. The largest absolute Gasteiger partial charge is 0.480 e. The minimum atomic E-state index is -1.27. The van der Waals surface area contributed by atoms with Crippen molar-refractivity contribution in [3.05, 3.63) is 65.0 Å². The Hall–Kier alpha value is -3.22. The van der Waals surface area contributed by atoms with Gasteiger partial charge in [0.05, 0.1) is 17.7 Å². The van der Waals surface area contributed by atoms with Crippen LogP contribution in [-0.2, 0) is 11.3 Å². The van der Waals surface area contributed by atoms with E-state index in [4.69, 9.17) is 5.11 Å². The number of hydrogen-bond acceptors (Lipinski definition) is 4. The second-order valence-corrected chi connectivity index (χ2v) is 6.60. The van der Waals surface area contributed by atoms with E-state index in [-0.39, 0.29) is 12.1 Å². The summed E-state index contributed by atoms with van der Waals surface area (Å²) >= 11 is 0. The molecule has 1 aliphatic rings. The molecule has 7 heteroatoms. The Morgan fingerprint density at radius 1 is 1.12 bits per heavy atom. The molecule has 0 unspecified atom stereocenters. The van der Waals surface area contributed by atoms with Crippen LogP contribution in [0.5, 0.6) is 0 Å². The number of nitrogens with zero attached hydrogens (tertiary/aromatic N) is 1. The van der Waals surface area contributed by atoms with Gasteiger partial charge in [-0.2, -0.15) is 0 Å². The van der Waals surface area contributed by atoms with E-state index in [2.05, 4.69) is 5.32 Å². The Morgan fingerprint density at radius 2 is 1.69 bits per heavy atom. The van der Waals surface area contributed by atoms with Crippen LogP contribution in [0.15, 0.2) is 42.5 Å². The lowest BCUT2D eigenvalue weighted by Gasteiger charge is -2.23. The van der Waals surface area contributed by atoms with Gasteiger partial charge in [-0.15, -0.1) is 0 Å². The average molecular weight is 356 g/mol. The zero-order valence-corrected chi connectivity index (χ0v) is 14.2. The zero-order valence-electron chi connectivity index (χ0n) is 14.2. The molecule has 2 aromatic carbocycles. The molecule has 0 atom stereocenters. The van der Waals surface area contributed by atoms with Crippen LogP contribution < -0.4 is 5.32 Å². The molecule has 0 radical (unpaired) electrons. The number of aliphatic carboxylic acids is 1. The summed E-state index contributed by atoms with van der Waals surface area (Å²) in [5.74, 6) is -2.63. The van der Waals surface area contributed by atoms with Gasteiger partial charge in [0.2, 0.25) is 0 Å². The topological polar surface area (TPSA) is 86.7 Å². The van der Waals surface area contributed by atoms with Crippen LogP contribution in [0, 0.1) is 5.82 Å². The van der Waals surface area contributed by atoms with Crippen molar-refractivity contribution in [3.63, 3.8) is 0 Å². The van der Waals surface area contributed by atoms with Crippen LogP contribution in [0.2, 0.25) is 0 Å². The Morgan fingerprint density at radius 3 is 2.19 bits per heavy atom.